The number of furan rings is 1. The first-order valence-corrected chi connectivity index (χ1v) is 7.14. The average Bonchev–Trinajstić information content (AvgIpc) is 3.03. The summed E-state index contributed by atoms with van der Waals surface area (Å²) in [7, 11) is 2.92. The zero-order chi connectivity index (χ0) is 17.3. The van der Waals surface area contributed by atoms with Crippen LogP contribution in [0.15, 0.2) is 37.3 Å². The Labute approximate surface area is 140 Å². The van der Waals surface area contributed by atoms with Crippen molar-refractivity contribution in [2.45, 2.75) is 0 Å². The average molecular weight is 347 g/mol. The van der Waals surface area contributed by atoms with E-state index in [9.17, 15) is 4.79 Å². The Balaban J connectivity index is 2.34. The van der Waals surface area contributed by atoms with Gasteiger partial charge in [-0.15, -0.1) is 0 Å². The molecule has 0 saturated heterocycles. The Bertz CT molecular complexity index is 1020. The van der Waals surface area contributed by atoms with E-state index < -0.39 is 0 Å². The monoisotopic (exact) mass is 347 g/mol. The molecule has 0 aliphatic heterocycles. The fourth-order valence-electron chi connectivity index (χ4n) is 2.41. The molecule has 1 aromatic carbocycles. The summed E-state index contributed by atoms with van der Waals surface area (Å²) in [5, 5.41) is 4.58. The van der Waals surface area contributed by atoms with Crippen LogP contribution in [0.5, 0.6) is 11.5 Å². The first kappa shape index (κ1) is 15.8. The third-order valence-corrected chi connectivity index (χ3v) is 3.45. The number of methoxy groups -OCH3 is 2. The fourth-order valence-corrected chi connectivity index (χ4v) is 2.46. The van der Waals surface area contributed by atoms with Crippen molar-refractivity contribution in [1.29, 1.82) is 0 Å². The number of hydrogen-bond acceptors (Lipinski definition) is 7. The van der Waals surface area contributed by atoms with E-state index >= 15 is 0 Å². The summed E-state index contributed by atoms with van der Waals surface area (Å²) >= 11 is 4.64. The predicted molar refractivity (Wildman–Crippen MR) is 92.9 cm³/mol. The standard InChI is InChI=1S/C15H13N3O5S/c1-20-11-8-3-4-22-12(8)14(21-2)13-9(11)10(19)7(6-23-13)5-17-18-15(16)24/h3-6H,1-2H3,(H3,16,18,24)/b17-5+. The lowest BCUT2D eigenvalue weighted by atomic mass is 10.1. The second kappa shape index (κ2) is 6.20. The van der Waals surface area contributed by atoms with Crippen molar-refractivity contribution in [2.24, 2.45) is 10.8 Å². The van der Waals surface area contributed by atoms with Crippen LogP contribution in [0.4, 0.5) is 0 Å². The number of rotatable bonds is 4. The molecule has 0 fully saturated rings. The summed E-state index contributed by atoms with van der Waals surface area (Å²) in [6, 6.07) is 1.69. The van der Waals surface area contributed by atoms with E-state index in [-0.39, 0.29) is 27.1 Å². The predicted octanol–water partition coefficient (Wildman–Crippen LogP) is 1.72. The van der Waals surface area contributed by atoms with Gasteiger partial charge in [-0.1, -0.05) is 0 Å². The highest BCUT2D eigenvalue weighted by atomic mass is 32.1. The lowest BCUT2D eigenvalue weighted by molar-refractivity contribution is 0.400. The summed E-state index contributed by atoms with van der Waals surface area (Å²) in [6.45, 7) is 0. The van der Waals surface area contributed by atoms with Gasteiger partial charge in [-0.2, -0.15) is 5.10 Å². The highest BCUT2D eigenvalue weighted by molar-refractivity contribution is 7.80. The molecule has 3 rings (SSSR count). The maximum absolute atomic E-state index is 12.8. The topological polar surface area (TPSA) is 112 Å². The van der Waals surface area contributed by atoms with Crippen LogP contribution in [0.25, 0.3) is 21.9 Å². The minimum atomic E-state index is -0.344. The van der Waals surface area contributed by atoms with Gasteiger partial charge in [0.1, 0.15) is 17.4 Å². The summed E-state index contributed by atoms with van der Waals surface area (Å²) < 4.78 is 21.7. The molecule has 0 radical (unpaired) electrons. The number of ether oxygens (including phenoxy) is 2. The van der Waals surface area contributed by atoms with Crippen molar-refractivity contribution >= 4 is 45.5 Å². The number of hydrazone groups is 1. The Morgan fingerprint density at radius 1 is 1.29 bits per heavy atom. The Morgan fingerprint density at radius 3 is 2.71 bits per heavy atom. The van der Waals surface area contributed by atoms with Crippen molar-refractivity contribution in [3.63, 3.8) is 0 Å². The number of nitrogens with two attached hydrogens (primary N) is 1. The highest BCUT2D eigenvalue weighted by Crippen LogP contribution is 2.41. The molecule has 2 heterocycles. The van der Waals surface area contributed by atoms with Crippen LogP contribution in [-0.4, -0.2) is 25.5 Å². The van der Waals surface area contributed by atoms with Crippen molar-refractivity contribution in [3.8, 4) is 11.5 Å². The molecule has 0 bridgehead atoms. The SMILES string of the molecule is COc1c2occc2c(OC)c2c(=O)c(/C=N/NC(N)=S)coc12. The number of benzene rings is 1. The molecule has 24 heavy (non-hydrogen) atoms. The van der Waals surface area contributed by atoms with Crippen LogP contribution >= 0.6 is 12.2 Å². The summed E-state index contributed by atoms with van der Waals surface area (Å²) in [4.78, 5) is 12.8. The Morgan fingerprint density at radius 2 is 2.04 bits per heavy atom. The van der Waals surface area contributed by atoms with Gasteiger partial charge in [0.15, 0.2) is 16.3 Å². The second-order valence-electron chi connectivity index (χ2n) is 4.69. The molecule has 3 N–H and O–H groups in total. The molecule has 3 aromatic rings. The zero-order valence-electron chi connectivity index (χ0n) is 12.8. The molecule has 0 saturated carbocycles. The first-order valence-electron chi connectivity index (χ1n) is 6.73. The Kier molecular flexibility index (Phi) is 4.09. The van der Waals surface area contributed by atoms with Crippen molar-refractivity contribution in [3.05, 3.63) is 34.4 Å². The first-order chi connectivity index (χ1) is 11.6. The van der Waals surface area contributed by atoms with Gasteiger partial charge in [-0.05, 0) is 18.3 Å². The van der Waals surface area contributed by atoms with Gasteiger partial charge in [0.25, 0.3) is 0 Å². The normalized spacial score (nSPS) is 11.2. The zero-order valence-corrected chi connectivity index (χ0v) is 13.6. The maximum Gasteiger partial charge on any atom is 0.206 e. The minimum Gasteiger partial charge on any atom is -0.495 e. The summed E-state index contributed by atoms with van der Waals surface area (Å²) in [5.74, 6) is 0.647. The molecule has 0 unspecified atom stereocenters. The highest BCUT2D eigenvalue weighted by Gasteiger charge is 2.22. The largest absolute Gasteiger partial charge is 0.495 e. The van der Waals surface area contributed by atoms with Gasteiger partial charge in [-0.25, -0.2) is 0 Å². The van der Waals surface area contributed by atoms with Crippen LogP contribution in [0.3, 0.4) is 0 Å². The van der Waals surface area contributed by atoms with E-state index in [1.807, 2.05) is 0 Å². The molecule has 2 aromatic heterocycles. The second-order valence-corrected chi connectivity index (χ2v) is 5.13. The molecule has 9 heteroatoms. The van der Waals surface area contributed by atoms with Gasteiger partial charge >= 0.3 is 0 Å². The molecular formula is C15H13N3O5S. The number of fused-ring (bicyclic) bond motifs is 2. The van der Waals surface area contributed by atoms with Gasteiger partial charge in [0.05, 0.1) is 37.6 Å². The van der Waals surface area contributed by atoms with Crippen molar-refractivity contribution < 1.29 is 18.3 Å². The third kappa shape index (κ3) is 2.44. The van der Waals surface area contributed by atoms with E-state index in [0.29, 0.717) is 22.5 Å². The number of nitrogens with zero attached hydrogens (tertiary/aromatic N) is 1. The van der Waals surface area contributed by atoms with Gasteiger partial charge in [0, 0.05) is 0 Å². The quantitative estimate of drug-likeness (QED) is 0.417. The van der Waals surface area contributed by atoms with E-state index in [2.05, 4.69) is 22.7 Å². The number of nitrogens with one attached hydrogen (secondary N) is 1. The van der Waals surface area contributed by atoms with Gasteiger partial charge in [-0.3, -0.25) is 10.2 Å². The molecule has 0 atom stereocenters. The number of thiocarbonyl (C=S) groups is 1. The molecule has 124 valence electrons. The fraction of sp³-hybridized carbons (Fsp3) is 0.133. The van der Waals surface area contributed by atoms with Gasteiger partial charge < -0.3 is 24.0 Å². The van der Waals surface area contributed by atoms with Crippen molar-refractivity contribution in [1.82, 2.24) is 5.43 Å². The Hall–Kier alpha value is -3.07. The van der Waals surface area contributed by atoms with Crippen LogP contribution in [0.2, 0.25) is 0 Å². The van der Waals surface area contributed by atoms with E-state index in [4.69, 9.17) is 24.0 Å². The molecule has 8 nitrogen and oxygen atoms in total. The van der Waals surface area contributed by atoms with Crippen LogP contribution in [0, 0.1) is 0 Å². The molecule has 0 amide bonds. The van der Waals surface area contributed by atoms with Crippen LogP contribution < -0.4 is 26.1 Å². The van der Waals surface area contributed by atoms with E-state index in [1.165, 1.54) is 33.0 Å². The smallest absolute Gasteiger partial charge is 0.206 e. The van der Waals surface area contributed by atoms with Crippen LogP contribution in [-0.2, 0) is 0 Å². The van der Waals surface area contributed by atoms with Crippen molar-refractivity contribution in [2.75, 3.05) is 14.2 Å². The van der Waals surface area contributed by atoms with Crippen LogP contribution in [0.1, 0.15) is 5.56 Å². The molecule has 0 spiro atoms. The summed E-state index contributed by atoms with van der Waals surface area (Å²) in [5.41, 5.74) is 8.15. The lowest BCUT2D eigenvalue weighted by Gasteiger charge is -2.10. The number of hydrogen-bond donors (Lipinski definition) is 2. The lowest BCUT2D eigenvalue weighted by Crippen LogP contribution is -2.24. The minimum absolute atomic E-state index is 0.0178. The van der Waals surface area contributed by atoms with E-state index in [1.54, 1.807) is 6.07 Å². The molecule has 0 aliphatic carbocycles. The third-order valence-electron chi connectivity index (χ3n) is 3.36. The maximum atomic E-state index is 12.8. The molecular weight excluding hydrogens is 334 g/mol. The van der Waals surface area contributed by atoms with Gasteiger partial charge in [0.2, 0.25) is 11.2 Å². The summed E-state index contributed by atoms with van der Waals surface area (Å²) in [6.07, 6.45) is 4.00. The molecule has 0 aliphatic rings. The van der Waals surface area contributed by atoms with E-state index in [0.717, 1.165) is 0 Å².